The van der Waals surface area contributed by atoms with Crippen molar-refractivity contribution in [2.24, 2.45) is 5.92 Å². The van der Waals surface area contributed by atoms with E-state index in [2.05, 4.69) is 20.8 Å². The van der Waals surface area contributed by atoms with Crippen LogP contribution < -0.4 is 0 Å². The Labute approximate surface area is 75.3 Å². The Bertz CT molecular complexity index is 110. The van der Waals surface area contributed by atoms with E-state index >= 15 is 0 Å². The summed E-state index contributed by atoms with van der Waals surface area (Å²) in [6.07, 6.45) is 4.59. The van der Waals surface area contributed by atoms with E-state index in [1.165, 1.54) is 19.3 Å². The summed E-state index contributed by atoms with van der Waals surface area (Å²) in [6.45, 7) is 7.82. The summed E-state index contributed by atoms with van der Waals surface area (Å²) in [5, 5.41) is 0. The number of ether oxygens (including phenoxy) is 1. The summed E-state index contributed by atoms with van der Waals surface area (Å²) >= 11 is 0. The average molecular weight is 171 g/mol. The molecular formula is C10H19O2. The largest absolute Gasteiger partial charge is 0.454 e. The van der Waals surface area contributed by atoms with E-state index in [1.807, 2.05) is 0 Å². The monoisotopic (exact) mass is 171 g/mol. The number of unbranched alkanes of at least 4 members (excludes halogenated alkanes) is 2. The number of hydrogen-bond donors (Lipinski definition) is 0. The van der Waals surface area contributed by atoms with Crippen LogP contribution in [0.5, 0.6) is 0 Å². The summed E-state index contributed by atoms with van der Waals surface area (Å²) in [5.41, 5.74) is 0. The molecule has 0 aromatic carbocycles. The van der Waals surface area contributed by atoms with E-state index in [1.54, 1.807) is 0 Å². The quantitative estimate of drug-likeness (QED) is 0.550. The predicted octanol–water partition coefficient (Wildman–Crippen LogP) is 2.68. The predicted molar refractivity (Wildman–Crippen MR) is 49.5 cm³/mol. The van der Waals surface area contributed by atoms with Gasteiger partial charge in [0, 0.05) is 0 Å². The molecule has 0 fully saturated rings. The Morgan fingerprint density at radius 2 is 2.00 bits per heavy atom. The Balaban J connectivity index is 3.55. The fraction of sp³-hybridized carbons (Fsp3) is 0.900. The van der Waals surface area contributed by atoms with Crippen molar-refractivity contribution in [2.75, 3.05) is 0 Å². The van der Waals surface area contributed by atoms with Crippen LogP contribution in [-0.2, 0) is 9.53 Å². The fourth-order valence-electron chi connectivity index (χ4n) is 1.19. The van der Waals surface area contributed by atoms with Gasteiger partial charge in [-0.2, -0.15) is 0 Å². The zero-order chi connectivity index (χ0) is 9.40. The molecular weight excluding hydrogens is 152 g/mol. The third-order valence-corrected chi connectivity index (χ3v) is 2.04. The highest BCUT2D eigenvalue weighted by atomic mass is 16.5. The van der Waals surface area contributed by atoms with Gasteiger partial charge in [-0.15, -0.1) is 0 Å². The lowest BCUT2D eigenvalue weighted by Gasteiger charge is -2.17. The first-order valence-corrected chi connectivity index (χ1v) is 4.75. The molecule has 0 aliphatic carbocycles. The van der Waals surface area contributed by atoms with Crippen LogP contribution in [0.25, 0.3) is 0 Å². The van der Waals surface area contributed by atoms with Crippen LogP contribution in [0.1, 0.15) is 46.5 Å². The van der Waals surface area contributed by atoms with E-state index in [0.717, 1.165) is 12.8 Å². The smallest absolute Gasteiger partial charge is 0.417 e. The molecule has 0 amide bonds. The minimum absolute atomic E-state index is 0.0639. The second kappa shape index (κ2) is 7.14. The fourth-order valence-corrected chi connectivity index (χ4v) is 1.19. The van der Waals surface area contributed by atoms with Crippen LogP contribution in [0.4, 0.5) is 0 Å². The standard InChI is InChI=1S/C10H19O2/c1-4-5-6-7-10(9(2)3)12-8-11/h9-10H,4-7H2,1-3H3. The van der Waals surface area contributed by atoms with Crippen molar-refractivity contribution in [1.29, 1.82) is 0 Å². The molecule has 0 saturated carbocycles. The molecule has 2 nitrogen and oxygen atoms in total. The van der Waals surface area contributed by atoms with Crippen molar-refractivity contribution in [1.82, 2.24) is 0 Å². The molecule has 0 bridgehead atoms. The maximum atomic E-state index is 10.0. The first kappa shape index (κ1) is 11.5. The summed E-state index contributed by atoms with van der Waals surface area (Å²) < 4.78 is 4.84. The third kappa shape index (κ3) is 5.16. The Morgan fingerprint density at radius 1 is 1.33 bits per heavy atom. The van der Waals surface area contributed by atoms with Crippen LogP contribution in [-0.4, -0.2) is 12.6 Å². The minimum atomic E-state index is 0.0639. The lowest BCUT2D eigenvalue weighted by Crippen LogP contribution is -2.18. The van der Waals surface area contributed by atoms with E-state index in [4.69, 9.17) is 4.74 Å². The summed E-state index contributed by atoms with van der Waals surface area (Å²) in [6, 6.07) is 0. The van der Waals surface area contributed by atoms with Crippen LogP contribution in [0, 0.1) is 5.92 Å². The molecule has 0 aliphatic heterocycles. The maximum Gasteiger partial charge on any atom is 0.417 e. The van der Waals surface area contributed by atoms with Gasteiger partial charge >= 0.3 is 6.47 Å². The highest BCUT2D eigenvalue weighted by Crippen LogP contribution is 2.13. The maximum absolute atomic E-state index is 10.0. The molecule has 0 spiro atoms. The highest BCUT2D eigenvalue weighted by Gasteiger charge is 2.13. The second-order valence-corrected chi connectivity index (χ2v) is 3.48. The zero-order valence-electron chi connectivity index (χ0n) is 8.30. The van der Waals surface area contributed by atoms with Gasteiger partial charge < -0.3 is 4.74 Å². The topological polar surface area (TPSA) is 26.3 Å². The zero-order valence-corrected chi connectivity index (χ0v) is 8.30. The molecule has 2 heteroatoms. The van der Waals surface area contributed by atoms with E-state index in [9.17, 15) is 4.79 Å². The van der Waals surface area contributed by atoms with Gasteiger partial charge in [0.05, 0.1) is 0 Å². The number of hydrogen-bond acceptors (Lipinski definition) is 2. The molecule has 0 aromatic rings. The Morgan fingerprint density at radius 3 is 2.42 bits per heavy atom. The summed E-state index contributed by atoms with van der Waals surface area (Å²) in [4.78, 5) is 10.0. The highest BCUT2D eigenvalue weighted by molar-refractivity contribution is 5.38. The minimum Gasteiger partial charge on any atom is -0.454 e. The molecule has 0 aromatic heterocycles. The van der Waals surface area contributed by atoms with Crippen molar-refractivity contribution in [3.05, 3.63) is 0 Å². The van der Waals surface area contributed by atoms with Crippen molar-refractivity contribution in [2.45, 2.75) is 52.6 Å². The molecule has 0 heterocycles. The normalized spacial score (nSPS) is 13.0. The van der Waals surface area contributed by atoms with E-state index in [-0.39, 0.29) is 6.10 Å². The van der Waals surface area contributed by atoms with Gasteiger partial charge in [0.2, 0.25) is 0 Å². The van der Waals surface area contributed by atoms with Crippen molar-refractivity contribution < 1.29 is 9.53 Å². The average Bonchev–Trinajstić information content (AvgIpc) is 2.03. The molecule has 12 heavy (non-hydrogen) atoms. The summed E-state index contributed by atoms with van der Waals surface area (Å²) in [5.74, 6) is 0.406. The van der Waals surface area contributed by atoms with E-state index < -0.39 is 0 Å². The molecule has 0 aliphatic rings. The lowest BCUT2D eigenvalue weighted by atomic mass is 10.0. The second-order valence-electron chi connectivity index (χ2n) is 3.48. The van der Waals surface area contributed by atoms with Gasteiger partial charge in [0.25, 0.3) is 0 Å². The van der Waals surface area contributed by atoms with E-state index in [0.29, 0.717) is 5.92 Å². The van der Waals surface area contributed by atoms with Crippen LogP contribution in [0.15, 0.2) is 0 Å². The van der Waals surface area contributed by atoms with Crippen molar-refractivity contribution in [3.63, 3.8) is 0 Å². The molecule has 0 N–H and O–H groups in total. The number of rotatable bonds is 7. The van der Waals surface area contributed by atoms with Crippen LogP contribution >= 0.6 is 0 Å². The summed E-state index contributed by atoms with van der Waals surface area (Å²) in [7, 11) is 0. The molecule has 0 rings (SSSR count). The lowest BCUT2D eigenvalue weighted by molar-refractivity contribution is 0.119. The first-order chi connectivity index (χ1) is 5.72. The van der Waals surface area contributed by atoms with Gasteiger partial charge in [-0.3, -0.25) is 0 Å². The van der Waals surface area contributed by atoms with Crippen LogP contribution in [0.3, 0.4) is 0 Å². The first-order valence-electron chi connectivity index (χ1n) is 4.75. The third-order valence-electron chi connectivity index (χ3n) is 2.04. The van der Waals surface area contributed by atoms with Gasteiger partial charge in [-0.25, -0.2) is 4.79 Å². The SMILES string of the molecule is CCCCCC(O[C]=O)C(C)C. The number of carbonyl (C=O) groups excluding carboxylic acids is 1. The van der Waals surface area contributed by atoms with Crippen LogP contribution in [0.2, 0.25) is 0 Å². The molecule has 1 unspecified atom stereocenters. The Kier molecular flexibility index (Phi) is 6.82. The Hall–Kier alpha value is -0.530. The molecule has 0 saturated heterocycles. The van der Waals surface area contributed by atoms with Crippen molar-refractivity contribution >= 4 is 6.47 Å². The van der Waals surface area contributed by atoms with Crippen molar-refractivity contribution in [3.8, 4) is 0 Å². The van der Waals surface area contributed by atoms with Gasteiger partial charge in [0.1, 0.15) is 6.10 Å². The molecule has 1 radical (unpaired) electrons. The molecule has 1 atom stereocenters. The van der Waals surface area contributed by atoms with Gasteiger partial charge in [-0.1, -0.05) is 33.6 Å². The van der Waals surface area contributed by atoms with Gasteiger partial charge in [0.15, 0.2) is 0 Å². The molecule has 71 valence electrons. The van der Waals surface area contributed by atoms with Gasteiger partial charge in [-0.05, 0) is 18.8 Å².